The monoisotopic (exact) mass is 256 g/mol. The van der Waals surface area contributed by atoms with Crippen LogP contribution >= 0.6 is 8.60 Å². The van der Waals surface area contributed by atoms with Crippen molar-refractivity contribution in [3.8, 4) is 5.75 Å². The van der Waals surface area contributed by atoms with Crippen molar-refractivity contribution < 1.29 is 18.4 Å². The summed E-state index contributed by atoms with van der Waals surface area (Å²) in [6, 6.07) is 6.93. The third-order valence-corrected chi connectivity index (χ3v) is 3.21. The van der Waals surface area contributed by atoms with Crippen molar-refractivity contribution in [3.63, 3.8) is 0 Å². The number of carbonyl (C=O) groups excluding carboxylic acids is 1. The minimum absolute atomic E-state index is 0.0356. The van der Waals surface area contributed by atoms with Gasteiger partial charge in [0, 0.05) is 5.56 Å². The third kappa shape index (κ3) is 4.82. The molecule has 0 fully saturated rings. The Morgan fingerprint density at radius 3 is 2.06 bits per heavy atom. The molecule has 94 valence electrons. The highest BCUT2D eigenvalue weighted by atomic mass is 31.2. The van der Waals surface area contributed by atoms with Crippen molar-refractivity contribution in [2.75, 3.05) is 13.2 Å². The molecule has 0 spiro atoms. The van der Waals surface area contributed by atoms with Crippen LogP contribution in [-0.2, 0) is 9.05 Å². The molecular formula is C12H17O4P. The molecule has 0 aliphatic heterocycles. The number of Topliss-reactive ketones (excluding diaryl/α,β-unsaturated/α-hetero) is 1. The van der Waals surface area contributed by atoms with Gasteiger partial charge < -0.3 is 13.6 Å². The van der Waals surface area contributed by atoms with Gasteiger partial charge in [0.25, 0.3) is 0 Å². The van der Waals surface area contributed by atoms with Gasteiger partial charge in [0.05, 0.1) is 13.2 Å². The normalized spacial score (nSPS) is 10.6. The summed E-state index contributed by atoms with van der Waals surface area (Å²) in [5.74, 6) is 0.677. The largest absolute Gasteiger partial charge is 0.427 e. The van der Waals surface area contributed by atoms with Gasteiger partial charge in [0.15, 0.2) is 5.78 Å². The van der Waals surface area contributed by atoms with Gasteiger partial charge in [-0.05, 0) is 45.0 Å². The molecule has 17 heavy (non-hydrogen) atoms. The topological polar surface area (TPSA) is 44.8 Å². The fourth-order valence-corrected chi connectivity index (χ4v) is 2.03. The fraction of sp³-hybridized carbons (Fsp3) is 0.417. The maximum Gasteiger partial charge on any atom is 0.397 e. The first-order chi connectivity index (χ1) is 8.17. The van der Waals surface area contributed by atoms with E-state index in [-0.39, 0.29) is 5.78 Å². The van der Waals surface area contributed by atoms with Gasteiger partial charge in [-0.2, -0.15) is 0 Å². The summed E-state index contributed by atoms with van der Waals surface area (Å²) in [7, 11) is -1.35. The van der Waals surface area contributed by atoms with E-state index in [4.69, 9.17) is 13.6 Å². The van der Waals surface area contributed by atoms with E-state index in [1.807, 2.05) is 13.8 Å². The quantitative estimate of drug-likeness (QED) is 0.552. The molecule has 0 heterocycles. The molecule has 0 atom stereocenters. The molecular weight excluding hydrogens is 239 g/mol. The van der Waals surface area contributed by atoms with E-state index in [0.29, 0.717) is 24.5 Å². The van der Waals surface area contributed by atoms with Gasteiger partial charge in [0.2, 0.25) is 0 Å². The predicted molar refractivity (Wildman–Crippen MR) is 67.2 cm³/mol. The maximum atomic E-state index is 11.1. The number of hydrogen-bond donors (Lipinski definition) is 0. The molecule has 0 unspecified atom stereocenters. The Bertz CT molecular complexity index is 344. The minimum Gasteiger partial charge on any atom is -0.427 e. The van der Waals surface area contributed by atoms with Crippen molar-refractivity contribution in [1.29, 1.82) is 0 Å². The van der Waals surface area contributed by atoms with Crippen LogP contribution in [0.1, 0.15) is 31.1 Å². The van der Waals surface area contributed by atoms with Crippen molar-refractivity contribution in [2.24, 2.45) is 0 Å². The summed E-state index contributed by atoms with van der Waals surface area (Å²) in [4.78, 5) is 11.1. The van der Waals surface area contributed by atoms with E-state index < -0.39 is 8.60 Å². The van der Waals surface area contributed by atoms with E-state index in [2.05, 4.69) is 0 Å². The number of ketones is 1. The smallest absolute Gasteiger partial charge is 0.397 e. The average molecular weight is 256 g/mol. The summed E-state index contributed by atoms with van der Waals surface area (Å²) < 4.78 is 16.2. The van der Waals surface area contributed by atoms with E-state index >= 15 is 0 Å². The van der Waals surface area contributed by atoms with Crippen LogP contribution in [0, 0.1) is 0 Å². The molecule has 0 aliphatic rings. The van der Waals surface area contributed by atoms with Crippen LogP contribution in [-0.4, -0.2) is 19.0 Å². The molecule has 5 heteroatoms. The Morgan fingerprint density at radius 2 is 1.65 bits per heavy atom. The van der Waals surface area contributed by atoms with E-state index in [0.717, 1.165) is 0 Å². The second kappa shape index (κ2) is 7.38. The molecule has 1 aromatic carbocycles. The van der Waals surface area contributed by atoms with E-state index in [1.165, 1.54) is 6.92 Å². The first kappa shape index (κ1) is 14.1. The number of rotatable bonds is 7. The first-order valence-corrected chi connectivity index (χ1v) is 6.61. The second-order valence-electron chi connectivity index (χ2n) is 3.23. The van der Waals surface area contributed by atoms with Gasteiger partial charge >= 0.3 is 8.60 Å². The number of benzene rings is 1. The van der Waals surface area contributed by atoms with E-state index in [9.17, 15) is 4.79 Å². The zero-order valence-electron chi connectivity index (χ0n) is 10.3. The van der Waals surface area contributed by atoms with Crippen molar-refractivity contribution >= 4 is 14.4 Å². The summed E-state index contributed by atoms with van der Waals surface area (Å²) in [6.07, 6.45) is 0. The summed E-state index contributed by atoms with van der Waals surface area (Å²) >= 11 is 0. The lowest BCUT2D eigenvalue weighted by atomic mass is 10.1. The van der Waals surface area contributed by atoms with Gasteiger partial charge in [0.1, 0.15) is 5.75 Å². The SMILES string of the molecule is CCOP(OCC)Oc1ccc(C(C)=O)cc1. The molecule has 4 nitrogen and oxygen atoms in total. The van der Waals surface area contributed by atoms with Crippen molar-refractivity contribution in [3.05, 3.63) is 29.8 Å². The Balaban J connectivity index is 2.62. The number of hydrogen-bond acceptors (Lipinski definition) is 4. The maximum absolute atomic E-state index is 11.1. The molecule has 0 bridgehead atoms. The van der Waals surface area contributed by atoms with Gasteiger partial charge in [-0.3, -0.25) is 4.79 Å². The first-order valence-electron chi connectivity index (χ1n) is 5.52. The zero-order chi connectivity index (χ0) is 12.7. The predicted octanol–water partition coefficient (Wildman–Crippen LogP) is 3.57. The van der Waals surface area contributed by atoms with Crippen molar-refractivity contribution in [2.45, 2.75) is 20.8 Å². The summed E-state index contributed by atoms with van der Waals surface area (Å²) in [6.45, 7) is 6.38. The number of carbonyl (C=O) groups is 1. The van der Waals surface area contributed by atoms with Gasteiger partial charge in [-0.25, -0.2) is 0 Å². The Hall–Kier alpha value is -0.960. The molecule has 0 saturated carbocycles. The lowest BCUT2D eigenvalue weighted by Crippen LogP contribution is -1.98. The molecule has 0 N–H and O–H groups in total. The second-order valence-corrected chi connectivity index (χ2v) is 4.38. The summed E-state index contributed by atoms with van der Waals surface area (Å²) in [5, 5.41) is 0. The lowest BCUT2D eigenvalue weighted by Gasteiger charge is -2.15. The Kier molecular flexibility index (Phi) is 6.12. The van der Waals surface area contributed by atoms with Crippen LogP contribution in [0.5, 0.6) is 5.75 Å². The van der Waals surface area contributed by atoms with Crippen LogP contribution in [0.25, 0.3) is 0 Å². The third-order valence-electron chi connectivity index (χ3n) is 1.91. The Morgan fingerprint density at radius 1 is 1.12 bits per heavy atom. The van der Waals surface area contributed by atoms with Gasteiger partial charge in [-0.1, -0.05) is 0 Å². The summed E-state index contributed by atoms with van der Waals surface area (Å²) in [5.41, 5.74) is 0.662. The molecule has 0 radical (unpaired) electrons. The van der Waals surface area contributed by atoms with Gasteiger partial charge in [-0.15, -0.1) is 0 Å². The molecule has 0 amide bonds. The van der Waals surface area contributed by atoms with Crippen LogP contribution in [0.15, 0.2) is 24.3 Å². The zero-order valence-corrected chi connectivity index (χ0v) is 11.2. The molecule has 0 aliphatic carbocycles. The fourth-order valence-electron chi connectivity index (χ4n) is 1.14. The minimum atomic E-state index is -1.35. The standard InChI is InChI=1S/C12H17O4P/c1-4-14-17(15-5-2)16-12-8-6-11(7-9-12)10(3)13/h6-9H,4-5H2,1-3H3. The van der Waals surface area contributed by atoms with Crippen LogP contribution in [0.2, 0.25) is 0 Å². The average Bonchev–Trinajstić information content (AvgIpc) is 2.30. The highest BCUT2D eigenvalue weighted by Gasteiger charge is 2.12. The van der Waals surface area contributed by atoms with Crippen LogP contribution in [0.3, 0.4) is 0 Å². The molecule has 1 aromatic rings. The Labute approximate surface area is 103 Å². The van der Waals surface area contributed by atoms with E-state index in [1.54, 1.807) is 24.3 Å². The highest BCUT2D eigenvalue weighted by molar-refractivity contribution is 7.42. The molecule has 1 rings (SSSR count). The van der Waals surface area contributed by atoms with Crippen LogP contribution < -0.4 is 4.52 Å². The lowest BCUT2D eigenvalue weighted by molar-refractivity contribution is 0.101. The van der Waals surface area contributed by atoms with Crippen molar-refractivity contribution in [1.82, 2.24) is 0 Å². The van der Waals surface area contributed by atoms with Crippen LogP contribution in [0.4, 0.5) is 0 Å². The molecule has 0 aromatic heterocycles. The highest BCUT2D eigenvalue weighted by Crippen LogP contribution is 2.40. The molecule has 0 saturated heterocycles.